The number of benzene rings is 2. The van der Waals surface area contributed by atoms with Gasteiger partial charge in [0, 0.05) is 29.7 Å². The maximum absolute atomic E-state index is 12.4. The molecule has 6 nitrogen and oxygen atoms in total. The van der Waals surface area contributed by atoms with E-state index >= 15 is 0 Å². The van der Waals surface area contributed by atoms with E-state index in [1.54, 1.807) is 12.1 Å². The molecule has 0 radical (unpaired) electrons. The number of para-hydroxylation sites is 2. The minimum absolute atomic E-state index is 0.103. The maximum atomic E-state index is 12.4. The Morgan fingerprint density at radius 1 is 1.10 bits per heavy atom. The summed E-state index contributed by atoms with van der Waals surface area (Å²) in [6.07, 6.45) is 0. The zero-order valence-electron chi connectivity index (χ0n) is 16.1. The number of halogens is 2. The van der Waals surface area contributed by atoms with Gasteiger partial charge in [-0.3, -0.25) is 4.79 Å². The zero-order chi connectivity index (χ0) is 20.9. The van der Waals surface area contributed by atoms with Crippen LogP contribution >= 0.6 is 35.0 Å². The van der Waals surface area contributed by atoms with Crippen molar-refractivity contribution >= 4 is 57.7 Å². The summed E-state index contributed by atoms with van der Waals surface area (Å²) in [5.74, 6) is 0.930. The summed E-state index contributed by atoms with van der Waals surface area (Å²) in [4.78, 5) is 24.2. The molecule has 1 aliphatic rings. The minimum Gasteiger partial charge on any atom is -0.378 e. The Bertz CT molecular complexity index is 1060. The monoisotopic (exact) mass is 462 g/mol. The van der Waals surface area contributed by atoms with Gasteiger partial charge in [0.05, 0.1) is 30.0 Å². The van der Waals surface area contributed by atoms with E-state index in [1.807, 2.05) is 30.3 Å². The van der Waals surface area contributed by atoms with Crippen LogP contribution in [0.5, 0.6) is 0 Å². The first-order valence-electron chi connectivity index (χ1n) is 9.53. The number of hydrogen-bond donors (Lipinski definition) is 1. The van der Waals surface area contributed by atoms with Crippen LogP contribution in [0.4, 0.5) is 5.82 Å². The average molecular weight is 463 g/mol. The van der Waals surface area contributed by atoms with Crippen LogP contribution in [0.3, 0.4) is 0 Å². The summed E-state index contributed by atoms with van der Waals surface area (Å²) in [5.41, 5.74) is 2.47. The number of amides is 1. The fraction of sp³-hybridized carbons (Fsp3) is 0.286. The van der Waals surface area contributed by atoms with Gasteiger partial charge in [0.25, 0.3) is 0 Å². The van der Waals surface area contributed by atoms with Crippen molar-refractivity contribution in [2.45, 2.75) is 11.6 Å². The molecule has 0 unspecified atom stereocenters. The highest BCUT2D eigenvalue weighted by Gasteiger charge is 2.19. The predicted octanol–water partition coefficient (Wildman–Crippen LogP) is 4.18. The Labute approximate surface area is 188 Å². The number of nitrogens with one attached hydrogen (secondary N) is 1. The Morgan fingerprint density at radius 3 is 2.57 bits per heavy atom. The molecule has 0 aliphatic carbocycles. The third-order valence-electron chi connectivity index (χ3n) is 4.66. The van der Waals surface area contributed by atoms with Crippen molar-refractivity contribution in [3.8, 4) is 0 Å². The van der Waals surface area contributed by atoms with Crippen molar-refractivity contribution in [3.63, 3.8) is 0 Å². The quantitative estimate of drug-likeness (QED) is 0.554. The van der Waals surface area contributed by atoms with Gasteiger partial charge in [-0.15, -0.1) is 0 Å². The summed E-state index contributed by atoms with van der Waals surface area (Å²) in [7, 11) is 0. The van der Waals surface area contributed by atoms with Crippen LogP contribution in [0.2, 0.25) is 10.0 Å². The maximum Gasteiger partial charge on any atom is 0.230 e. The SMILES string of the molecule is O=C(CSc1nc2ccccc2nc1N1CCOCC1)NCc1ccc(Cl)cc1Cl. The van der Waals surface area contributed by atoms with Crippen molar-refractivity contribution in [3.05, 3.63) is 58.1 Å². The summed E-state index contributed by atoms with van der Waals surface area (Å²) in [6, 6.07) is 13.0. The van der Waals surface area contributed by atoms with Gasteiger partial charge in [0.2, 0.25) is 5.91 Å². The highest BCUT2D eigenvalue weighted by atomic mass is 35.5. The minimum atomic E-state index is -0.103. The molecule has 2 aromatic carbocycles. The number of ether oxygens (including phenoxy) is 1. The topological polar surface area (TPSA) is 67.4 Å². The number of rotatable bonds is 6. The number of nitrogens with zero attached hydrogens (tertiary/aromatic N) is 3. The average Bonchev–Trinajstić information content (AvgIpc) is 2.77. The fourth-order valence-electron chi connectivity index (χ4n) is 3.10. The van der Waals surface area contributed by atoms with Crippen LogP contribution in [-0.4, -0.2) is 47.9 Å². The van der Waals surface area contributed by atoms with Gasteiger partial charge in [0.15, 0.2) is 5.82 Å². The Hall–Kier alpha value is -2.06. The molecule has 0 spiro atoms. The molecule has 156 valence electrons. The van der Waals surface area contributed by atoms with E-state index in [1.165, 1.54) is 11.8 Å². The van der Waals surface area contributed by atoms with E-state index in [9.17, 15) is 4.79 Å². The van der Waals surface area contributed by atoms with E-state index in [-0.39, 0.29) is 11.7 Å². The van der Waals surface area contributed by atoms with E-state index in [2.05, 4.69) is 10.2 Å². The third kappa shape index (κ3) is 5.16. The van der Waals surface area contributed by atoms with E-state index in [0.29, 0.717) is 29.8 Å². The van der Waals surface area contributed by atoms with Crippen LogP contribution in [-0.2, 0) is 16.1 Å². The first kappa shape index (κ1) is 21.2. The molecule has 1 amide bonds. The van der Waals surface area contributed by atoms with Gasteiger partial charge in [-0.25, -0.2) is 9.97 Å². The molecular formula is C21H20Cl2N4O2S. The second kappa shape index (κ2) is 9.83. The number of hydrogen-bond acceptors (Lipinski definition) is 6. The smallest absolute Gasteiger partial charge is 0.230 e. The predicted molar refractivity (Wildman–Crippen MR) is 122 cm³/mol. The highest BCUT2D eigenvalue weighted by molar-refractivity contribution is 8.00. The molecule has 3 aromatic rings. The number of fused-ring (bicyclic) bond motifs is 1. The molecule has 1 saturated heterocycles. The standard InChI is InChI=1S/C21H20Cl2N4O2S/c22-15-6-5-14(16(23)11-15)12-24-19(28)13-30-21-20(27-7-9-29-10-8-27)25-17-3-1-2-4-18(17)26-21/h1-6,11H,7-10,12-13H2,(H,24,28). The lowest BCUT2D eigenvalue weighted by atomic mass is 10.2. The number of aromatic nitrogens is 2. The van der Waals surface area contributed by atoms with Gasteiger partial charge >= 0.3 is 0 Å². The van der Waals surface area contributed by atoms with E-state index in [0.717, 1.165) is 40.5 Å². The second-order valence-corrected chi connectivity index (χ2v) is 8.55. The summed E-state index contributed by atoms with van der Waals surface area (Å²) >= 11 is 13.5. The number of morpholine rings is 1. The lowest BCUT2D eigenvalue weighted by molar-refractivity contribution is -0.118. The van der Waals surface area contributed by atoms with Crippen molar-refractivity contribution < 1.29 is 9.53 Å². The summed E-state index contributed by atoms with van der Waals surface area (Å²) < 4.78 is 5.46. The Balaban J connectivity index is 1.46. The molecule has 0 saturated carbocycles. The molecule has 1 aliphatic heterocycles. The van der Waals surface area contributed by atoms with Gasteiger partial charge in [-0.2, -0.15) is 0 Å². The molecule has 1 fully saturated rings. The fourth-order valence-corrected chi connectivity index (χ4v) is 4.41. The summed E-state index contributed by atoms with van der Waals surface area (Å²) in [6.45, 7) is 3.15. The number of thioether (sulfide) groups is 1. The van der Waals surface area contributed by atoms with Crippen LogP contribution in [0, 0.1) is 0 Å². The third-order valence-corrected chi connectivity index (χ3v) is 6.20. The zero-order valence-corrected chi connectivity index (χ0v) is 18.4. The van der Waals surface area contributed by atoms with Crippen molar-refractivity contribution in [2.75, 3.05) is 37.0 Å². The van der Waals surface area contributed by atoms with Gasteiger partial charge in [0.1, 0.15) is 5.03 Å². The Morgan fingerprint density at radius 2 is 1.83 bits per heavy atom. The normalized spacial score (nSPS) is 14.1. The van der Waals surface area contributed by atoms with Gasteiger partial charge in [-0.1, -0.05) is 53.2 Å². The van der Waals surface area contributed by atoms with Crippen LogP contribution in [0.15, 0.2) is 47.5 Å². The van der Waals surface area contributed by atoms with Crippen molar-refractivity contribution in [2.24, 2.45) is 0 Å². The number of carbonyl (C=O) groups is 1. The Kier molecular flexibility index (Phi) is 6.94. The molecule has 0 bridgehead atoms. The highest BCUT2D eigenvalue weighted by Crippen LogP contribution is 2.29. The lowest BCUT2D eigenvalue weighted by Gasteiger charge is -2.29. The molecule has 2 heterocycles. The van der Waals surface area contributed by atoms with Crippen LogP contribution in [0.1, 0.15) is 5.56 Å². The van der Waals surface area contributed by atoms with Crippen molar-refractivity contribution in [1.29, 1.82) is 0 Å². The number of carbonyl (C=O) groups excluding carboxylic acids is 1. The van der Waals surface area contributed by atoms with Crippen LogP contribution < -0.4 is 10.2 Å². The van der Waals surface area contributed by atoms with Crippen molar-refractivity contribution in [1.82, 2.24) is 15.3 Å². The summed E-state index contributed by atoms with van der Waals surface area (Å²) in [5, 5.41) is 4.74. The van der Waals surface area contributed by atoms with Gasteiger partial charge < -0.3 is 15.0 Å². The molecule has 30 heavy (non-hydrogen) atoms. The largest absolute Gasteiger partial charge is 0.378 e. The molecule has 0 atom stereocenters. The lowest BCUT2D eigenvalue weighted by Crippen LogP contribution is -2.37. The van der Waals surface area contributed by atoms with Gasteiger partial charge in [-0.05, 0) is 29.8 Å². The first-order valence-corrected chi connectivity index (χ1v) is 11.3. The molecule has 1 aromatic heterocycles. The molecule has 1 N–H and O–H groups in total. The molecule has 4 rings (SSSR count). The number of anilines is 1. The van der Waals surface area contributed by atoms with Crippen LogP contribution in [0.25, 0.3) is 11.0 Å². The second-order valence-electron chi connectivity index (χ2n) is 6.74. The molecular weight excluding hydrogens is 443 g/mol. The first-order chi connectivity index (χ1) is 14.6. The van der Waals surface area contributed by atoms with E-state index in [4.69, 9.17) is 37.9 Å². The van der Waals surface area contributed by atoms with E-state index < -0.39 is 0 Å². The molecule has 9 heteroatoms.